The first kappa shape index (κ1) is 14.1. The molecule has 1 atom stereocenters. The second kappa shape index (κ2) is 5.51. The molecule has 0 saturated carbocycles. The van der Waals surface area contributed by atoms with Crippen LogP contribution in [-0.4, -0.2) is 20.0 Å². The number of H-pyrrole nitrogens is 1. The summed E-state index contributed by atoms with van der Waals surface area (Å²) in [5.41, 5.74) is 7.04. The molecule has 112 valence electrons. The van der Waals surface area contributed by atoms with Crippen LogP contribution in [0.1, 0.15) is 23.7 Å². The zero-order chi connectivity index (χ0) is 14.9. The van der Waals surface area contributed by atoms with Crippen molar-refractivity contribution in [3.8, 4) is 5.75 Å². The van der Waals surface area contributed by atoms with Crippen LogP contribution in [-0.2, 0) is 16.6 Å². The second-order valence-corrected chi connectivity index (χ2v) is 6.63. The molecule has 0 radical (unpaired) electrons. The molecule has 4 N–H and O–H groups in total. The van der Waals surface area contributed by atoms with Crippen molar-refractivity contribution in [3.63, 3.8) is 0 Å². The van der Waals surface area contributed by atoms with E-state index in [0.717, 1.165) is 11.3 Å². The maximum atomic E-state index is 12.4. The fourth-order valence-electron chi connectivity index (χ4n) is 2.41. The van der Waals surface area contributed by atoms with Gasteiger partial charge in [-0.1, -0.05) is 18.2 Å². The van der Waals surface area contributed by atoms with Crippen LogP contribution in [0.3, 0.4) is 0 Å². The molecule has 2 aromatic rings. The molecule has 6 nitrogen and oxygen atoms in total. The van der Waals surface area contributed by atoms with E-state index in [1.54, 1.807) is 6.07 Å². The van der Waals surface area contributed by atoms with Gasteiger partial charge in [-0.2, -0.15) is 0 Å². The number of benzene rings is 1. The van der Waals surface area contributed by atoms with Gasteiger partial charge < -0.3 is 15.5 Å². The molecule has 0 aliphatic carbocycles. The highest BCUT2D eigenvalue weighted by molar-refractivity contribution is 7.89. The number of ether oxygens (including phenoxy) is 1. The summed E-state index contributed by atoms with van der Waals surface area (Å²) in [6.07, 6.45) is 2.06. The lowest BCUT2D eigenvalue weighted by atomic mass is 10.0. The maximum absolute atomic E-state index is 12.4. The van der Waals surface area contributed by atoms with Crippen molar-refractivity contribution in [1.29, 1.82) is 0 Å². The number of sulfonamides is 1. The Morgan fingerprint density at radius 2 is 2.19 bits per heavy atom. The number of aromatic amines is 1. The summed E-state index contributed by atoms with van der Waals surface area (Å²) < 4.78 is 33.1. The zero-order valence-electron chi connectivity index (χ0n) is 11.4. The number of nitrogens with two attached hydrogens (primary N) is 1. The molecule has 21 heavy (non-hydrogen) atoms. The molecular formula is C14H17N3O3S. The number of hydrogen-bond acceptors (Lipinski definition) is 4. The lowest BCUT2D eigenvalue weighted by Gasteiger charge is -2.26. The number of rotatable bonds is 4. The van der Waals surface area contributed by atoms with Crippen LogP contribution >= 0.6 is 0 Å². The van der Waals surface area contributed by atoms with Crippen LogP contribution in [0.4, 0.5) is 0 Å². The van der Waals surface area contributed by atoms with E-state index in [0.29, 0.717) is 18.7 Å². The van der Waals surface area contributed by atoms with Crippen molar-refractivity contribution in [3.05, 3.63) is 47.8 Å². The molecule has 0 spiro atoms. The van der Waals surface area contributed by atoms with Crippen LogP contribution in [0.5, 0.6) is 5.75 Å². The van der Waals surface area contributed by atoms with Gasteiger partial charge in [0, 0.05) is 30.4 Å². The van der Waals surface area contributed by atoms with Gasteiger partial charge >= 0.3 is 0 Å². The van der Waals surface area contributed by atoms with E-state index >= 15 is 0 Å². The number of nitrogens with one attached hydrogen (secondary N) is 2. The molecule has 0 amide bonds. The summed E-state index contributed by atoms with van der Waals surface area (Å²) in [7, 11) is -3.58. The zero-order valence-corrected chi connectivity index (χ0v) is 12.2. The van der Waals surface area contributed by atoms with Gasteiger partial charge in [0.15, 0.2) is 0 Å². The predicted molar refractivity (Wildman–Crippen MR) is 78.3 cm³/mol. The van der Waals surface area contributed by atoms with Crippen molar-refractivity contribution in [2.75, 3.05) is 6.61 Å². The first-order valence-electron chi connectivity index (χ1n) is 6.71. The van der Waals surface area contributed by atoms with Crippen molar-refractivity contribution >= 4 is 10.0 Å². The number of hydrogen-bond donors (Lipinski definition) is 3. The molecular weight excluding hydrogens is 290 g/mol. The minimum Gasteiger partial charge on any atom is -0.493 e. The maximum Gasteiger partial charge on any atom is 0.242 e. The number of para-hydroxylation sites is 1. The molecule has 1 unspecified atom stereocenters. The van der Waals surface area contributed by atoms with Gasteiger partial charge in [0.05, 0.1) is 17.5 Å². The standard InChI is InChI=1S/C14H17N3O3S/c15-8-10-7-11(9-16-10)21(18,19)17-13-5-6-20-14-4-2-1-3-12(13)14/h1-4,7,9,13,16-17H,5-6,8,15H2. The van der Waals surface area contributed by atoms with E-state index < -0.39 is 10.0 Å². The predicted octanol–water partition coefficient (Wildman–Crippen LogP) is 1.28. The topological polar surface area (TPSA) is 97.2 Å². The van der Waals surface area contributed by atoms with Gasteiger partial charge in [0.1, 0.15) is 5.75 Å². The third kappa shape index (κ3) is 2.80. The van der Waals surface area contributed by atoms with Gasteiger partial charge in [-0.25, -0.2) is 13.1 Å². The van der Waals surface area contributed by atoms with Crippen LogP contribution in [0, 0.1) is 0 Å². The lowest BCUT2D eigenvalue weighted by molar-refractivity contribution is 0.263. The third-order valence-corrected chi connectivity index (χ3v) is 4.95. The Hall–Kier alpha value is -1.83. The molecule has 1 aliphatic rings. The minimum atomic E-state index is -3.58. The number of fused-ring (bicyclic) bond motifs is 1. The summed E-state index contributed by atoms with van der Waals surface area (Å²) in [5, 5.41) is 0. The first-order valence-corrected chi connectivity index (χ1v) is 8.20. The normalized spacial score (nSPS) is 18.0. The molecule has 2 heterocycles. The van der Waals surface area contributed by atoms with Gasteiger partial charge in [0.2, 0.25) is 10.0 Å². The average Bonchev–Trinajstić information content (AvgIpc) is 2.97. The van der Waals surface area contributed by atoms with Gasteiger partial charge in [0.25, 0.3) is 0 Å². The minimum absolute atomic E-state index is 0.201. The summed E-state index contributed by atoms with van der Waals surface area (Å²) in [5.74, 6) is 0.730. The highest BCUT2D eigenvalue weighted by Gasteiger charge is 2.27. The molecule has 1 aromatic carbocycles. The smallest absolute Gasteiger partial charge is 0.242 e. The Kier molecular flexibility index (Phi) is 3.71. The molecule has 1 aromatic heterocycles. The monoisotopic (exact) mass is 307 g/mol. The first-order chi connectivity index (χ1) is 10.1. The summed E-state index contributed by atoms with van der Waals surface area (Å²) >= 11 is 0. The van der Waals surface area contributed by atoms with E-state index in [1.807, 2.05) is 24.3 Å². The van der Waals surface area contributed by atoms with E-state index in [-0.39, 0.29) is 17.5 Å². The van der Waals surface area contributed by atoms with Crippen LogP contribution < -0.4 is 15.2 Å². The van der Waals surface area contributed by atoms with Crippen molar-refractivity contribution in [2.24, 2.45) is 5.73 Å². The van der Waals surface area contributed by atoms with Crippen LogP contribution in [0.15, 0.2) is 41.4 Å². The van der Waals surface area contributed by atoms with Crippen molar-refractivity contribution < 1.29 is 13.2 Å². The van der Waals surface area contributed by atoms with E-state index in [4.69, 9.17) is 10.5 Å². The molecule has 7 heteroatoms. The summed E-state index contributed by atoms with van der Waals surface area (Å²) in [6.45, 7) is 0.765. The Morgan fingerprint density at radius 3 is 2.95 bits per heavy atom. The average molecular weight is 307 g/mol. The molecule has 1 aliphatic heterocycles. The Bertz CT molecular complexity index is 739. The van der Waals surface area contributed by atoms with Gasteiger partial charge in [-0.3, -0.25) is 0 Å². The Morgan fingerprint density at radius 1 is 1.38 bits per heavy atom. The molecule has 3 rings (SSSR count). The van der Waals surface area contributed by atoms with E-state index in [2.05, 4.69) is 9.71 Å². The molecule has 0 fully saturated rings. The third-order valence-electron chi connectivity index (χ3n) is 3.50. The second-order valence-electron chi connectivity index (χ2n) is 4.91. The highest BCUT2D eigenvalue weighted by atomic mass is 32.2. The Labute approximate surface area is 123 Å². The molecule has 0 bridgehead atoms. The lowest BCUT2D eigenvalue weighted by Crippen LogP contribution is -2.32. The van der Waals surface area contributed by atoms with E-state index in [1.165, 1.54) is 6.20 Å². The SMILES string of the molecule is NCc1cc(S(=O)(=O)NC2CCOc3ccccc32)c[nH]1. The molecule has 0 saturated heterocycles. The highest BCUT2D eigenvalue weighted by Crippen LogP contribution is 2.32. The summed E-state index contributed by atoms with van der Waals surface area (Å²) in [4.78, 5) is 3.05. The van der Waals surface area contributed by atoms with E-state index in [9.17, 15) is 8.42 Å². The number of aromatic nitrogens is 1. The van der Waals surface area contributed by atoms with Gasteiger partial charge in [-0.15, -0.1) is 0 Å². The van der Waals surface area contributed by atoms with Crippen molar-refractivity contribution in [2.45, 2.75) is 23.9 Å². The summed E-state index contributed by atoms with van der Waals surface area (Å²) in [6, 6.07) is 8.74. The fraction of sp³-hybridized carbons (Fsp3) is 0.286. The van der Waals surface area contributed by atoms with Gasteiger partial charge in [-0.05, 0) is 12.1 Å². The Balaban J connectivity index is 1.86. The fourth-order valence-corrected chi connectivity index (χ4v) is 3.68. The largest absolute Gasteiger partial charge is 0.493 e. The van der Waals surface area contributed by atoms with Crippen LogP contribution in [0.2, 0.25) is 0 Å². The quantitative estimate of drug-likeness (QED) is 0.792. The van der Waals surface area contributed by atoms with Crippen LogP contribution in [0.25, 0.3) is 0 Å². The van der Waals surface area contributed by atoms with Crippen molar-refractivity contribution in [1.82, 2.24) is 9.71 Å².